The minimum atomic E-state index is -0.225. The number of aromatic nitrogens is 2. The molecule has 1 amide bonds. The van der Waals surface area contributed by atoms with Crippen molar-refractivity contribution in [3.63, 3.8) is 0 Å². The lowest BCUT2D eigenvalue weighted by molar-refractivity contribution is 0.0951. The van der Waals surface area contributed by atoms with Crippen molar-refractivity contribution in [1.82, 2.24) is 15.5 Å². The summed E-state index contributed by atoms with van der Waals surface area (Å²) in [6, 6.07) is 9.09. The SMILES string of the molecule is Nc1ncc(C(=O)NCc2ccon2)c2ccccc12. The molecule has 3 rings (SSSR count). The van der Waals surface area contributed by atoms with Crippen molar-refractivity contribution in [3.05, 3.63) is 54.0 Å². The highest BCUT2D eigenvalue weighted by atomic mass is 16.5. The smallest absolute Gasteiger partial charge is 0.253 e. The molecule has 0 atom stereocenters. The van der Waals surface area contributed by atoms with Crippen LogP contribution in [0.15, 0.2) is 47.3 Å². The van der Waals surface area contributed by atoms with Crippen LogP contribution in [0.3, 0.4) is 0 Å². The van der Waals surface area contributed by atoms with Crippen LogP contribution in [-0.4, -0.2) is 16.0 Å². The van der Waals surface area contributed by atoms with Crippen LogP contribution in [-0.2, 0) is 6.54 Å². The van der Waals surface area contributed by atoms with Crippen LogP contribution in [0.25, 0.3) is 10.8 Å². The zero-order chi connectivity index (χ0) is 13.9. The second kappa shape index (κ2) is 5.00. The van der Waals surface area contributed by atoms with Gasteiger partial charge in [-0.2, -0.15) is 0 Å². The largest absolute Gasteiger partial charge is 0.383 e. The maximum absolute atomic E-state index is 12.2. The van der Waals surface area contributed by atoms with Crippen LogP contribution in [0.2, 0.25) is 0 Å². The number of benzene rings is 1. The topological polar surface area (TPSA) is 94.0 Å². The summed E-state index contributed by atoms with van der Waals surface area (Å²) in [6.07, 6.45) is 2.94. The van der Waals surface area contributed by atoms with Gasteiger partial charge in [-0.15, -0.1) is 0 Å². The van der Waals surface area contributed by atoms with Crippen LogP contribution in [0.1, 0.15) is 16.1 Å². The molecule has 20 heavy (non-hydrogen) atoms. The third kappa shape index (κ3) is 2.18. The van der Waals surface area contributed by atoms with E-state index in [4.69, 9.17) is 10.3 Å². The van der Waals surface area contributed by atoms with E-state index in [0.717, 1.165) is 10.8 Å². The van der Waals surface area contributed by atoms with Gasteiger partial charge in [-0.25, -0.2) is 4.98 Å². The van der Waals surface area contributed by atoms with Gasteiger partial charge in [0.1, 0.15) is 17.8 Å². The van der Waals surface area contributed by atoms with E-state index in [1.807, 2.05) is 24.3 Å². The first-order chi connectivity index (χ1) is 9.75. The summed E-state index contributed by atoms with van der Waals surface area (Å²) in [6.45, 7) is 0.300. The van der Waals surface area contributed by atoms with Crippen LogP contribution in [0.5, 0.6) is 0 Å². The Morgan fingerprint density at radius 3 is 2.80 bits per heavy atom. The average molecular weight is 268 g/mol. The molecule has 0 aliphatic heterocycles. The Morgan fingerprint density at radius 1 is 1.25 bits per heavy atom. The molecule has 0 bridgehead atoms. The van der Waals surface area contributed by atoms with Gasteiger partial charge in [0.2, 0.25) is 0 Å². The molecule has 0 spiro atoms. The highest BCUT2D eigenvalue weighted by Crippen LogP contribution is 2.22. The number of carbonyl (C=O) groups is 1. The quantitative estimate of drug-likeness (QED) is 0.754. The molecule has 6 heteroatoms. The minimum Gasteiger partial charge on any atom is -0.383 e. The molecule has 3 N–H and O–H groups in total. The van der Waals surface area contributed by atoms with E-state index in [9.17, 15) is 4.79 Å². The Hall–Kier alpha value is -2.89. The average Bonchev–Trinajstić information content (AvgIpc) is 2.99. The molecule has 6 nitrogen and oxygen atoms in total. The lowest BCUT2D eigenvalue weighted by Gasteiger charge is -2.08. The summed E-state index contributed by atoms with van der Waals surface area (Å²) in [7, 11) is 0. The number of rotatable bonds is 3. The molecule has 0 radical (unpaired) electrons. The predicted octanol–water partition coefficient (Wildman–Crippen LogP) is 1.73. The molecule has 2 heterocycles. The molecule has 0 aliphatic rings. The number of fused-ring (bicyclic) bond motifs is 1. The van der Waals surface area contributed by atoms with Crippen molar-refractivity contribution in [2.75, 3.05) is 5.73 Å². The molecule has 0 saturated carbocycles. The molecule has 3 aromatic rings. The third-order valence-corrected chi connectivity index (χ3v) is 2.99. The first kappa shape index (κ1) is 12.2. The van der Waals surface area contributed by atoms with E-state index in [-0.39, 0.29) is 5.91 Å². The highest BCUT2D eigenvalue weighted by Gasteiger charge is 2.12. The zero-order valence-corrected chi connectivity index (χ0v) is 10.5. The van der Waals surface area contributed by atoms with Gasteiger partial charge in [0, 0.05) is 17.6 Å². The molecule has 0 aliphatic carbocycles. The second-order valence-electron chi connectivity index (χ2n) is 4.28. The monoisotopic (exact) mass is 268 g/mol. The van der Waals surface area contributed by atoms with E-state index < -0.39 is 0 Å². The van der Waals surface area contributed by atoms with Crippen molar-refractivity contribution in [3.8, 4) is 0 Å². The van der Waals surface area contributed by atoms with Gasteiger partial charge >= 0.3 is 0 Å². The van der Waals surface area contributed by atoms with Gasteiger partial charge in [-0.05, 0) is 5.39 Å². The van der Waals surface area contributed by atoms with Crippen LogP contribution in [0.4, 0.5) is 5.82 Å². The molecular weight excluding hydrogens is 256 g/mol. The number of nitrogen functional groups attached to an aromatic ring is 1. The number of anilines is 1. The first-order valence-corrected chi connectivity index (χ1v) is 6.06. The van der Waals surface area contributed by atoms with Crippen LogP contribution in [0, 0.1) is 0 Å². The lowest BCUT2D eigenvalue weighted by Crippen LogP contribution is -2.23. The maximum Gasteiger partial charge on any atom is 0.253 e. The molecular formula is C14H12N4O2. The fourth-order valence-electron chi connectivity index (χ4n) is 1.99. The van der Waals surface area contributed by atoms with Crippen LogP contribution >= 0.6 is 0 Å². The summed E-state index contributed by atoms with van der Waals surface area (Å²) in [4.78, 5) is 16.3. The number of amides is 1. The number of pyridine rings is 1. The van der Waals surface area contributed by atoms with E-state index in [0.29, 0.717) is 23.6 Å². The van der Waals surface area contributed by atoms with Crippen molar-refractivity contribution >= 4 is 22.5 Å². The standard InChI is InChI=1S/C14H12N4O2/c15-13-11-4-2-1-3-10(11)12(8-16-13)14(19)17-7-9-5-6-20-18-9/h1-6,8H,7H2,(H2,15,16)(H,17,19). The Morgan fingerprint density at radius 2 is 2.05 bits per heavy atom. The molecule has 100 valence electrons. The van der Waals surface area contributed by atoms with Gasteiger partial charge in [-0.3, -0.25) is 4.79 Å². The molecule has 0 fully saturated rings. The number of hydrogen-bond donors (Lipinski definition) is 2. The summed E-state index contributed by atoms with van der Waals surface area (Å²) in [5.41, 5.74) is 6.95. The Kier molecular flexibility index (Phi) is 3.04. The number of carbonyl (C=O) groups excluding carboxylic acids is 1. The molecule has 1 aromatic carbocycles. The maximum atomic E-state index is 12.2. The van der Waals surface area contributed by atoms with Crippen molar-refractivity contribution in [2.45, 2.75) is 6.54 Å². The zero-order valence-electron chi connectivity index (χ0n) is 10.5. The van der Waals surface area contributed by atoms with E-state index in [1.165, 1.54) is 12.5 Å². The van der Waals surface area contributed by atoms with Crippen molar-refractivity contribution < 1.29 is 9.32 Å². The summed E-state index contributed by atoms with van der Waals surface area (Å²) in [5.74, 6) is 0.186. The Labute approximate surface area is 114 Å². The van der Waals surface area contributed by atoms with Gasteiger partial charge in [0.05, 0.1) is 12.1 Å². The van der Waals surface area contributed by atoms with Gasteiger partial charge in [0.25, 0.3) is 5.91 Å². The van der Waals surface area contributed by atoms with Crippen molar-refractivity contribution in [2.24, 2.45) is 0 Å². The molecule has 0 saturated heterocycles. The summed E-state index contributed by atoms with van der Waals surface area (Å²) >= 11 is 0. The van der Waals surface area contributed by atoms with Gasteiger partial charge in [-0.1, -0.05) is 29.4 Å². The van der Waals surface area contributed by atoms with Gasteiger partial charge < -0.3 is 15.6 Å². The normalized spacial score (nSPS) is 10.6. The van der Waals surface area contributed by atoms with Crippen molar-refractivity contribution in [1.29, 1.82) is 0 Å². The second-order valence-corrected chi connectivity index (χ2v) is 4.28. The van der Waals surface area contributed by atoms with E-state index >= 15 is 0 Å². The highest BCUT2D eigenvalue weighted by molar-refractivity contribution is 6.08. The molecule has 2 aromatic heterocycles. The van der Waals surface area contributed by atoms with Gasteiger partial charge in [0.15, 0.2) is 0 Å². The number of nitrogens with one attached hydrogen (secondary N) is 1. The molecule has 0 unspecified atom stereocenters. The fraction of sp³-hybridized carbons (Fsp3) is 0.0714. The number of hydrogen-bond acceptors (Lipinski definition) is 5. The van der Waals surface area contributed by atoms with E-state index in [2.05, 4.69) is 15.5 Å². The minimum absolute atomic E-state index is 0.225. The fourth-order valence-corrected chi connectivity index (χ4v) is 1.99. The first-order valence-electron chi connectivity index (χ1n) is 6.06. The van der Waals surface area contributed by atoms with E-state index in [1.54, 1.807) is 6.07 Å². The third-order valence-electron chi connectivity index (χ3n) is 2.99. The number of nitrogens with two attached hydrogens (primary N) is 1. The Balaban J connectivity index is 1.90. The Bertz CT molecular complexity index is 753. The lowest BCUT2D eigenvalue weighted by atomic mass is 10.1. The van der Waals surface area contributed by atoms with Crippen LogP contribution < -0.4 is 11.1 Å². The summed E-state index contributed by atoms with van der Waals surface area (Å²) < 4.78 is 4.71. The number of nitrogens with zero attached hydrogens (tertiary/aromatic N) is 2. The summed E-state index contributed by atoms with van der Waals surface area (Å²) in [5, 5.41) is 8.04. The predicted molar refractivity (Wildman–Crippen MR) is 73.8 cm³/mol.